The van der Waals surface area contributed by atoms with Crippen molar-refractivity contribution < 1.29 is 69.0 Å². The zero-order valence-corrected chi connectivity index (χ0v) is 21.1. The van der Waals surface area contributed by atoms with Crippen LogP contribution in [0.4, 0.5) is 5.69 Å². The third kappa shape index (κ3) is 7.19. The van der Waals surface area contributed by atoms with Crippen molar-refractivity contribution in [1.29, 1.82) is 0 Å². The maximum atomic E-state index is 10.8. The normalized spacial score (nSPS) is 9.86. The van der Waals surface area contributed by atoms with Gasteiger partial charge in [0.05, 0.1) is 0 Å². The second-order valence-electron chi connectivity index (χ2n) is 5.98. The van der Waals surface area contributed by atoms with E-state index < -0.39 is 5.97 Å². The number of carboxylic acids is 1. The third-order valence-electron chi connectivity index (χ3n) is 4.11. The molecule has 0 saturated heterocycles. The number of hydrogen-bond donors (Lipinski definition) is 0. The number of nitrogens with zero attached hydrogens (tertiary/aromatic N) is 3. The van der Waals surface area contributed by atoms with Gasteiger partial charge in [-0.2, -0.15) is 0 Å². The van der Waals surface area contributed by atoms with E-state index in [1.165, 1.54) is 0 Å². The van der Waals surface area contributed by atoms with Crippen LogP contribution in [0.1, 0.15) is 18.4 Å². The van der Waals surface area contributed by atoms with Gasteiger partial charge in [-0.15, -0.1) is 0 Å². The van der Waals surface area contributed by atoms with E-state index in [2.05, 4.69) is 22.0 Å². The summed E-state index contributed by atoms with van der Waals surface area (Å²) in [7, 11) is 0. The molecule has 0 aliphatic heterocycles. The van der Waals surface area contributed by atoms with Gasteiger partial charge in [-0.05, 0) is 41.8 Å². The van der Waals surface area contributed by atoms with Crippen molar-refractivity contribution in [2.45, 2.75) is 24.5 Å². The first kappa shape index (κ1) is 25.2. The van der Waals surface area contributed by atoms with Crippen LogP contribution in [-0.2, 0) is 24.0 Å². The number of aliphatic carboxylic acids is 1. The zero-order chi connectivity index (χ0) is 18.4. The Morgan fingerprint density at radius 3 is 2.50 bits per heavy atom. The number of benzene rings is 2. The fourth-order valence-corrected chi connectivity index (χ4v) is 3.07. The molecule has 0 saturated carbocycles. The third-order valence-corrected chi connectivity index (χ3v) is 4.41. The first-order valence-corrected chi connectivity index (χ1v) is 8.84. The number of carbonyl (C=O) groups excluding carboxylic acids is 1. The molecular formula is C20H19N3Na2O2S. The summed E-state index contributed by atoms with van der Waals surface area (Å²) in [6.45, 7) is 1.32. The molecule has 0 amide bonds. The molecule has 0 aliphatic carbocycles. The van der Waals surface area contributed by atoms with E-state index in [4.69, 9.17) is 12.6 Å². The molecule has 8 heteroatoms. The SMILES string of the molecule is O=C([O-])CCCN(Cc1ccccc1)c1cccc(-n2ccnc2[S-])c1.[Na+].[Na+]. The van der Waals surface area contributed by atoms with E-state index >= 15 is 0 Å². The fourth-order valence-electron chi connectivity index (χ4n) is 2.84. The van der Waals surface area contributed by atoms with Gasteiger partial charge < -0.3 is 32.0 Å². The minimum atomic E-state index is -1.02. The van der Waals surface area contributed by atoms with Gasteiger partial charge in [0.15, 0.2) is 0 Å². The van der Waals surface area contributed by atoms with Crippen LogP contribution in [0.2, 0.25) is 0 Å². The van der Waals surface area contributed by atoms with Crippen LogP contribution >= 0.6 is 0 Å². The van der Waals surface area contributed by atoms with E-state index in [-0.39, 0.29) is 65.5 Å². The standard InChI is InChI=1S/C20H21N3O2S.2Na/c24-19(25)10-5-12-22(15-16-6-2-1-3-7-16)17-8-4-9-18(14-17)23-13-11-21-20(23)26;;/h1-4,6-9,11,13-14H,5,10,12,15H2,(H,21,26)(H,24,25);;/q;2*+1/p-2. The van der Waals surface area contributed by atoms with Crippen molar-refractivity contribution in [3.8, 4) is 5.69 Å². The molecule has 0 aliphatic rings. The summed E-state index contributed by atoms with van der Waals surface area (Å²) >= 11 is 5.25. The van der Waals surface area contributed by atoms with E-state index in [9.17, 15) is 9.90 Å². The van der Waals surface area contributed by atoms with Crippen LogP contribution in [0.3, 0.4) is 0 Å². The zero-order valence-electron chi connectivity index (χ0n) is 16.2. The van der Waals surface area contributed by atoms with E-state index in [1.54, 1.807) is 6.20 Å². The van der Waals surface area contributed by atoms with E-state index in [1.807, 2.05) is 53.2 Å². The Labute approximate surface area is 215 Å². The van der Waals surface area contributed by atoms with Gasteiger partial charge in [-0.3, -0.25) is 4.98 Å². The molecule has 0 bridgehead atoms. The molecular weight excluding hydrogens is 392 g/mol. The molecule has 2 aromatic carbocycles. The Hall–Kier alpha value is -0.860. The average Bonchev–Trinajstić information content (AvgIpc) is 3.07. The Bertz CT molecular complexity index is 875. The maximum absolute atomic E-state index is 10.8. The topological polar surface area (TPSA) is 61.2 Å². The smallest absolute Gasteiger partial charge is 0.742 e. The van der Waals surface area contributed by atoms with Gasteiger partial charge in [0.1, 0.15) is 0 Å². The van der Waals surface area contributed by atoms with Crippen LogP contribution in [-0.4, -0.2) is 22.1 Å². The van der Waals surface area contributed by atoms with Crippen molar-refractivity contribution in [1.82, 2.24) is 9.55 Å². The first-order chi connectivity index (χ1) is 12.6. The molecule has 3 aromatic rings. The summed E-state index contributed by atoms with van der Waals surface area (Å²) < 4.78 is 1.85. The summed E-state index contributed by atoms with van der Waals surface area (Å²) in [5.74, 6) is -1.02. The fraction of sp³-hybridized carbons (Fsp3) is 0.200. The van der Waals surface area contributed by atoms with Crippen LogP contribution in [0.25, 0.3) is 5.69 Å². The van der Waals surface area contributed by atoms with Gasteiger partial charge in [0, 0.05) is 42.8 Å². The molecule has 1 heterocycles. The Kier molecular flexibility index (Phi) is 11.4. The molecule has 0 radical (unpaired) electrons. The van der Waals surface area contributed by atoms with E-state index in [0.29, 0.717) is 24.7 Å². The molecule has 5 nitrogen and oxygen atoms in total. The maximum Gasteiger partial charge on any atom is 1.00 e. The van der Waals surface area contributed by atoms with Crippen molar-refractivity contribution >= 4 is 24.3 Å². The summed E-state index contributed by atoms with van der Waals surface area (Å²) in [6.07, 6.45) is 4.08. The van der Waals surface area contributed by atoms with Crippen LogP contribution in [0.5, 0.6) is 0 Å². The number of carbonyl (C=O) groups is 1. The van der Waals surface area contributed by atoms with Crippen molar-refractivity contribution in [2.24, 2.45) is 0 Å². The molecule has 0 fully saturated rings. The molecule has 0 unspecified atom stereocenters. The van der Waals surface area contributed by atoms with Gasteiger partial charge in [0.2, 0.25) is 0 Å². The summed E-state index contributed by atoms with van der Waals surface area (Å²) in [6, 6.07) is 18.1. The van der Waals surface area contributed by atoms with Crippen LogP contribution < -0.4 is 69.1 Å². The number of imidazole rings is 1. The quantitative estimate of drug-likeness (QED) is 0.282. The van der Waals surface area contributed by atoms with Crippen LogP contribution in [0, 0.1) is 0 Å². The monoisotopic (exact) mass is 411 g/mol. The second kappa shape index (κ2) is 12.6. The number of carboxylic acid groups (broad SMARTS) is 1. The number of rotatable bonds is 8. The van der Waals surface area contributed by atoms with Crippen LogP contribution in [0.15, 0.2) is 72.1 Å². The van der Waals surface area contributed by atoms with Gasteiger partial charge in [-0.25, -0.2) is 0 Å². The number of anilines is 1. The minimum absolute atomic E-state index is 0. The summed E-state index contributed by atoms with van der Waals surface area (Å²) in [5, 5.41) is 11.3. The van der Waals surface area contributed by atoms with Gasteiger partial charge in [-0.1, -0.05) is 36.4 Å². The van der Waals surface area contributed by atoms with Crippen molar-refractivity contribution in [3.63, 3.8) is 0 Å². The van der Waals surface area contributed by atoms with Gasteiger partial charge >= 0.3 is 59.1 Å². The Morgan fingerprint density at radius 1 is 1.11 bits per heavy atom. The molecule has 0 N–H and O–H groups in total. The predicted molar refractivity (Wildman–Crippen MR) is 101 cm³/mol. The van der Waals surface area contributed by atoms with Crippen molar-refractivity contribution in [2.75, 3.05) is 11.4 Å². The number of hydrogen-bond acceptors (Lipinski definition) is 5. The number of aromatic nitrogens is 2. The molecule has 3 rings (SSSR count). The molecule has 28 heavy (non-hydrogen) atoms. The average molecular weight is 411 g/mol. The summed E-state index contributed by atoms with van der Waals surface area (Å²) in [4.78, 5) is 17.0. The molecule has 134 valence electrons. The molecule has 0 spiro atoms. The molecule has 0 atom stereocenters. The Balaban J connectivity index is 0.00000196. The van der Waals surface area contributed by atoms with Crippen molar-refractivity contribution in [3.05, 3.63) is 72.6 Å². The first-order valence-electron chi connectivity index (χ1n) is 8.43. The predicted octanol–water partition coefficient (Wildman–Crippen LogP) is -3.68. The summed E-state index contributed by atoms with van der Waals surface area (Å²) in [5.41, 5.74) is 3.11. The Morgan fingerprint density at radius 2 is 1.86 bits per heavy atom. The second-order valence-corrected chi connectivity index (χ2v) is 6.35. The van der Waals surface area contributed by atoms with Gasteiger partial charge in [0.25, 0.3) is 0 Å². The minimum Gasteiger partial charge on any atom is -0.742 e. The van der Waals surface area contributed by atoms with E-state index in [0.717, 1.165) is 16.9 Å². The molecule has 1 aromatic heterocycles. The largest absolute Gasteiger partial charge is 1.00 e.